The second kappa shape index (κ2) is 9.67. The van der Waals surface area contributed by atoms with Crippen molar-refractivity contribution in [1.29, 1.82) is 0 Å². The number of ketones is 1. The van der Waals surface area contributed by atoms with E-state index in [1.54, 1.807) is 18.2 Å². The molecule has 5 nitrogen and oxygen atoms in total. The lowest BCUT2D eigenvalue weighted by Crippen LogP contribution is -2.19. The predicted octanol–water partition coefficient (Wildman–Crippen LogP) is 7.66. The van der Waals surface area contributed by atoms with Gasteiger partial charge in [-0.05, 0) is 73.5 Å². The van der Waals surface area contributed by atoms with Crippen molar-refractivity contribution in [3.8, 4) is 17.2 Å². The van der Waals surface area contributed by atoms with Crippen molar-refractivity contribution in [2.75, 3.05) is 0 Å². The number of ether oxygens (including phenoxy) is 3. The van der Waals surface area contributed by atoms with Gasteiger partial charge in [0, 0.05) is 27.7 Å². The summed E-state index contributed by atoms with van der Waals surface area (Å²) in [5.74, 6) is 1.64. The fraction of sp³-hybridized carbons (Fsp3) is 0.265. The van der Waals surface area contributed by atoms with Gasteiger partial charge in [-0.25, -0.2) is 0 Å². The van der Waals surface area contributed by atoms with E-state index in [1.165, 1.54) is 0 Å². The largest absolute Gasteiger partial charge is 0.508 e. The van der Waals surface area contributed by atoms with Crippen LogP contribution in [0.15, 0.2) is 91.0 Å². The normalized spacial score (nSPS) is 21.8. The van der Waals surface area contributed by atoms with Crippen molar-refractivity contribution < 1.29 is 24.1 Å². The maximum Gasteiger partial charge on any atom is 0.193 e. The molecule has 1 N–H and O–H groups in total. The molecule has 2 saturated heterocycles. The molecule has 2 aliphatic heterocycles. The summed E-state index contributed by atoms with van der Waals surface area (Å²) in [6.07, 6.45) is 0.148. The summed E-state index contributed by atoms with van der Waals surface area (Å²) in [6.45, 7) is 8.43. The molecular weight excluding hydrogens is 488 g/mol. The fourth-order valence-corrected chi connectivity index (χ4v) is 5.17. The summed E-state index contributed by atoms with van der Waals surface area (Å²) in [5, 5.41) is 10.4. The van der Waals surface area contributed by atoms with Gasteiger partial charge < -0.3 is 19.3 Å². The summed E-state index contributed by atoms with van der Waals surface area (Å²) < 4.78 is 17.8. The van der Waals surface area contributed by atoms with E-state index in [0.717, 1.165) is 28.0 Å². The van der Waals surface area contributed by atoms with E-state index < -0.39 is 0 Å². The van der Waals surface area contributed by atoms with Crippen LogP contribution in [0, 0.1) is 0 Å². The van der Waals surface area contributed by atoms with Crippen molar-refractivity contribution in [2.45, 2.75) is 57.5 Å². The first kappa shape index (κ1) is 25.4. The highest BCUT2D eigenvalue weighted by Crippen LogP contribution is 2.47. The number of epoxide rings is 2. The van der Waals surface area contributed by atoms with Gasteiger partial charge in [0.25, 0.3) is 0 Å². The molecule has 5 heteroatoms. The molecule has 39 heavy (non-hydrogen) atoms. The van der Waals surface area contributed by atoms with Crippen LogP contribution in [-0.2, 0) is 14.9 Å². The molecule has 4 aromatic rings. The molecular formula is C34H32O5. The van der Waals surface area contributed by atoms with Gasteiger partial charge in [0.2, 0.25) is 0 Å². The van der Waals surface area contributed by atoms with Crippen molar-refractivity contribution in [3.63, 3.8) is 0 Å². The molecule has 2 heterocycles. The van der Waals surface area contributed by atoms with Crippen molar-refractivity contribution in [3.05, 3.63) is 124 Å². The number of hydrogen-bond donors (Lipinski definition) is 1. The van der Waals surface area contributed by atoms with E-state index in [2.05, 4.69) is 39.0 Å². The topological polar surface area (TPSA) is 71.6 Å². The van der Waals surface area contributed by atoms with Crippen LogP contribution in [0.1, 0.15) is 78.1 Å². The molecule has 2 fully saturated rings. The first-order valence-corrected chi connectivity index (χ1v) is 13.4. The Bertz CT molecular complexity index is 1520. The van der Waals surface area contributed by atoms with Gasteiger partial charge in [-0.3, -0.25) is 4.79 Å². The number of carbonyl (C=O) groups is 1. The van der Waals surface area contributed by atoms with Crippen molar-refractivity contribution >= 4 is 5.78 Å². The Labute approximate surface area is 229 Å². The lowest BCUT2D eigenvalue weighted by molar-refractivity contribution is 0.103. The van der Waals surface area contributed by atoms with E-state index in [4.69, 9.17) is 14.2 Å². The molecule has 0 amide bonds. The molecule has 0 spiro atoms. The number of rotatable bonds is 8. The minimum absolute atomic E-state index is 0.0188. The highest BCUT2D eigenvalue weighted by molar-refractivity contribution is 6.09. The molecule has 0 bridgehead atoms. The molecule has 4 atom stereocenters. The Kier molecular flexibility index (Phi) is 6.29. The van der Waals surface area contributed by atoms with Crippen LogP contribution in [0.4, 0.5) is 0 Å². The maximum atomic E-state index is 12.8. The number of benzene rings is 4. The number of carbonyl (C=O) groups excluding carboxylic acids is 1. The van der Waals surface area contributed by atoms with Gasteiger partial charge >= 0.3 is 0 Å². The lowest BCUT2D eigenvalue weighted by Gasteiger charge is -2.28. The zero-order valence-corrected chi connectivity index (χ0v) is 22.5. The monoisotopic (exact) mass is 520 g/mol. The smallest absolute Gasteiger partial charge is 0.193 e. The zero-order valence-electron chi connectivity index (χ0n) is 22.5. The highest BCUT2D eigenvalue weighted by Gasteiger charge is 2.40. The highest BCUT2D eigenvalue weighted by atomic mass is 16.6. The van der Waals surface area contributed by atoms with E-state index in [1.807, 2.05) is 61.5 Å². The van der Waals surface area contributed by atoms with E-state index >= 15 is 0 Å². The van der Waals surface area contributed by atoms with Crippen LogP contribution in [0.2, 0.25) is 0 Å². The van der Waals surface area contributed by atoms with Crippen LogP contribution in [0.5, 0.6) is 17.2 Å². The number of hydrogen-bond acceptors (Lipinski definition) is 5. The minimum atomic E-state index is -0.328. The third-order valence-corrected chi connectivity index (χ3v) is 7.90. The van der Waals surface area contributed by atoms with Crippen LogP contribution >= 0.6 is 0 Å². The minimum Gasteiger partial charge on any atom is -0.508 e. The van der Waals surface area contributed by atoms with Gasteiger partial charge in [0.05, 0.1) is 12.2 Å². The van der Waals surface area contributed by atoms with Crippen LogP contribution in [0.25, 0.3) is 0 Å². The van der Waals surface area contributed by atoms with Gasteiger partial charge in [-0.2, -0.15) is 0 Å². The first-order valence-electron chi connectivity index (χ1n) is 13.4. The molecule has 4 unspecified atom stereocenters. The Morgan fingerprint density at radius 3 is 1.90 bits per heavy atom. The average molecular weight is 521 g/mol. The fourth-order valence-electron chi connectivity index (χ4n) is 5.17. The molecule has 4 aromatic carbocycles. The van der Waals surface area contributed by atoms with Crippen molar-refractivity contribution in [1.82, 2.24) is 0 Å². The van der Waals surface area contributed by atoms with Gasteiger partial charge in [-0.15, -0.1) is 0 Å². The lowest BCUT2D eigenvalue weighted by atomic mass is 9.76. The summed E-state index contributed by atoms with van der Waals surface area (Å²) in [5.41, 5.74) is 5.00. The Morgan fingerprint density at radius 2 is 1.28 bits per heavy atom. The first-order chi connectivity index (χ1) is 18.7. The van der Waals surface area contributed by atoms with Crippen LogP contribution in [-0.4, -0.2) is 23.1 Å². The quantitative estimate of drug-likeness (QED) is 0.191. The Balaban J connectivity index is 1.27. The zero-order chi connectivity index (χ0) is 27.3. The Morgan fingerprint density at radius 1 is 0.744 bits per heavy atom. The maximum absolute atomic E-state index is 12.8. The molecule has 6 rings (SSSR count). The molecule has 198 valence electrons. The predicted molar refractivity (Wildman–Crippen MR) is 150 cm³/mol. The van der Waals surface area contributed by atoms with Gasteiger partial charge in [0.1, 0.15) is 29.5 Å². The van der Waals surface area contributed by atoms with Gasteiger partial charge in [-0.1, -0.05) is 56.3 Å². The molecule has 0 radical (unpaired) electrons. The molecule has 0 saturated carbocycles. The number of phenolic OH excluding ortho intramolecular Hbond substituents is 1. The molecule has 2 aliphatic rings. The Hall–Kier alpha value is -3.93. The summed E-state index contributed by atoms with van der Waals surface area (Å²) in [6, 6.07) is 28.5. The second-order valence-electron chi connectivity index (χ2n) is 11.0. The van der Waals surface area contributed by atoms with E-state index in [9.17, 15) is 9.90 Å². The van der Waals surface area contributed by atoms with Crippen molar-refractivity contribution in [2.24, 2.45) is 0 Å². The third-order valence-electron chi connectivity index (χ3n) is 7.90. The third kappa shape index (κ3) is 4.96. The number of phenols is 1. The van der Waals surface area contributed by atoms with Crippen LogP contribution < -0.4 is 4.74 Å². The van der Waals surface area contributed by atoms with E-state index in [0.29, 0.717) is 16.9 Å². The standard InChI is InChI=1S/C34H32O5/c1-20-32(37-20)27-18-24(12-16-29(27)35)34(3,4)25-13-17-30(28(19-25)33-21(2)38-33)39-26-14-10-23(11-15-26)31(36)22-8-6-5-7-9-22/h5-21,32-33,35H,1-4H3. The second-order valence-corrected chi connectivity index (χ2v) is 11.0. The summed E-state index contributed by atoms with van der Waals surface area (Å²) >= 11 is 0. The SMILES string of the molecule is CC1OC1c1cc(C(C)(C)c2ccc(Oc3ccc(C(=O)c4ccccc4)cc3)c(C3OC3C)c2)ccc1O. The number of aromatic hydroxyl groups is 1. The molecule has 0 aromatic heterocycles. The summed E-state index contributed by atoms with van der Waals surface area (Å²) in [4.78, 5) is 12.8. The average Bonchev–Trinajstić information content (AvgIpc) is 3.87. The molecule has 0 aliphatic carbocycles. The van der Waals surface area contributed by atoms with Gasteiger partial charge in [0.15, 0.2) is 5.78 Å². The van der Waals surface area contributed by atoms with E-state index in [-0.39, 0.29) is 41.4 Å². The summed E-state index contributed by atoms with van der Waals surface area (Å²) in [7, 11) is 0. The van der Waals surface area contributed by atoms with Crippen LogP contribution in [0.3, 0.4) is 0 Å².